The zero-order chi connectivity index (χ0) is 12.5. The first-order valence-electron chi connectivity index (χ1n) is 6.19. The van der Waals surface area contributed by atoms with E-state index in [4.69, 9.17) is 9.84 Å². The van der Waals surface area contributed by atoms with E-state index in [1.165, 1.54) is 25.1 Å². The molecule has 1 saturated carbocycles. The van der Waals surface area contributed by atoms with Gasteiger partial charge in [-0.25, -0.2) is 4.79 Å². The molecule has 0 aromatic carbocycles. The second-order valence-corrected chi connectivity index (χ2v) is 4.81. The first-order valence-corrected chi connectivity index (χ1v) is 6.19. The Hall–Kier alpha value is -1.69. The molecule has 1 saturated heterocycles. The van der Waals surface area contributed by atoms with Gasteiger partial charge in [0, 0.05) is 6.61 Å². The molecular weight excluding hydrogens is 234 g/mol. The van der Waals surface area contributed by atoms with Crippen molar-refractivity contribution in [1.82, 2.24) is 10.2 Å². The summed E-state index contributed by atoms with van der Waals surface area (Å²) in [4.78, 5) is 11.1. The molecule has 1 aliphatic carbocycles. The van der Waals surface area contributed by atoms with Crippen molar-refractivity contribution in [2.24, 2.45) is 5.92 Å². The van der Waals surface area contributed by atoms with Gasteiger partial charge in [-0.1, -0.05) is 0 Å². The van der Waals surface area contributed by atoms with Gasteiger partial charge in [-0.2, -0.15) is 5.10 Å². The number of carboxylic acid groups (broad SMARTS) is 1. The predicted octanol–water partition coefficient (Wildman–Crippen LogP) is 1.15. The topological polar surface area (TPSA) is 84.3 Å². The maximum atomic E-state index is 11.1. The molecule has 0 bridgehead atoms. The summed E-state index contributed by atoms with van der Waals surface area (Å²) in [6.45, 7) is 0.724. The van der Waals surface area contributed by atoms with Gasteiger partial charge in [-0.15, -0.1) is 5.10 Å². The highest BCUT2D eigenvalue weighted by Gasteiger charge is 2.41. The predicted molar refractivity (Wildman–Crippen MR) is 63.5 cm³/mol. The van der Waals surface area contributed by atoms with Gasteiger partial charge < -0.3 is 15.2 Å². The van der Waals surface area contributed by atoms with E-state index >= 15 is 0 Å². The fourth-order valence-corrected chi connectivity index (χ4v) is 2.44. The molecule has 1 aromatic rings. The smallest absolute Gasteiger partial charge is 0.339 e. The summed E-state index contributed by atoms with van der Waals surface area (Å²) < 4.78 is 5.70. The molecule has 0 spiro atoms. The maximum Gasteiger partial charge on any atom is 0.339 e. The van der Waals surface area contributed by atoms with E-state index in [1.807, 2.05) is 0 Å². The Morgan fingerprint density at radius 3 is 3.00 bits per heavy atom. The van der Waals surface area contributed by atoms with Gasteiger partial charge in [0.25, 0.3) is 0 Å². The van der Waals surface area contributed by atoms with E-state index in [-0.39, 0.29) is 17.7 Å². The number of hydrogen-bond donors (Lipinski definition) is 2. The molecule has 0 radical (unpaired) electrons. The number of aromatic nitrogens is 2. The number of hydrogen-bond acceptors (Lipinski definition) is 5. The van der Waals surface area contributed by atoms with Crippen molar-refractivity contribution < 1.29 is 14.6 Å². The second-order valence-electron chi connectivity index (χ2n) is 4.81. The van der Waals surface area contributed by atoms with Crippen LogP contribution in [0, 0.1) is 5.92 Å². The average Bonchev–Trinajstić information content (AvgIpc) is 3.11. The highest BCUT2D eigenvalue weighted by molar-refractivity contribution is 5.92. The lowest BCUT2D eigenvalue weighted by atomic mass is 10.1. The summed E-state index contributed by atoms with van der Waals surface area (Å²) in [6.07, 6.45) is 4.87. The van der Waals surface area contributed by atoms with E-state index in [1.54, 1.807) is 0 Å². The summed E-state index contributed by atoms with van der Waals surface area (Å²) in [5.41, 5.74) is 0.159. The van der Waals surface area contributed by atoms with Crippen LogP contribution in [0.25, 0.3) is 0 Å². The highest BCUT2D eigenvalue weighted by atomic mass is 16.5. The fraction of sp³-hybridized carbons (Fsp3) is 0.583. The molecule has 6 heteroatoms. The van der Waals surface area contributed by atoms with Gasteiger partial charge in [0.15, 0.2) is 5.82 Å². The lowest BCUT2D eigenvalue weighted by Gasteiger charge is -2.20. The largest absolute Gasteiger partial charge is 0.478 e. The van der Waals surface area contributed by atoms with Crippen LogP contribution in [0.3, 0.4) is 0 Å². The first kappa shape index (κ1) is 11.4. The minimum atomic E-state index is -0.991. The number of aromatic carboxylic acids is 1. The molecule has 2 heterocycles. The first-order chi connectivity index (χ1) is 8.75. The minimum absolute atomic E-state index is 0.146. The Kier molecular flexibility index (Phi) is 2.87. The Morgan fingerprint density at radius 1 is 1.44 bits per heavy atom. The number of nitrogens with one attached hydrogen (secondary N) is 1. The normalized spacial score (nSPS) is 27.1. The van der Waals surface area contributed by atoms with Crippen LogP contribution in [-0.2, 0) is 4.74 Å². The molecule has 18 heavy (non-hydrogen) atoms. The average molecular weight is 249 g/mol. The Balaban J connectivity index is 1.77. The molecule has 2 aliphatic rings. The molecule has 2 atom stereocenters. The molecule has 2 N–H and O–H groups in total. The SMILES string of the molecule is O=C(O)c1ccnnc1NC1CCOC1C1CC1. The number of carboxylic acids is 1. The third-order valence-electron chi connectivity index (χ3n) is 3.50. The van der Waals surface area contributed by atoms with Gasteiger partial charge in [-0.05, 0) is 31.2 Å². The standard InChI is InChI=1S/C12H15N3O3/c16-12(17)8-3-5-13-15-11(8)14-9-4-6-18-10(9)7-1-2-7/h3,5,7,9-10H,1-2,4,6H2,(H,14,15)(H,16,17). The highest BCUT2D eigenvalue weighted by Crippen LogP contribution is 2.39. The number of ether oxygens (including phenoxy) is 1. The van der Waals surface area contributed by atoms with Crippen molar-refractivity contribution in [2.45, 2.75) is 31.4 Å². The Morgan fingerprint density at radius 2 is 2.28 bits per heavy atom. The van der Waals surface area contributed by atoms with Crippen LogP contribution in [0.15, 0.2) is 12.3 Å². The van der Waals surface area contributed by atoms with Gasteiger partial charge in [-0.3, -0.25) is 0 Å². The quantitative estimate of drug-likeness (QED) is 0.832. The van der Waals surface area contributed by atoms with E-state index in [2.05, 4.69) is 15.5 Å². The Labute approximate surface area is 104 Å². The molecule has 1 aliphatic heterocycles. The summed E-state index contributed by atoms with van der Waals surface area (Å²) in [7, 11) is 0. The summed E-state index contributed by atoms with van der Waals surface area (Å²) in [5, 5.41) is 19.9. The molecule has 3 rings (SSSR count). The third kappa shape index (κ3) is 2.15. The monoisotopic (exact) mass is 249 g/mol. The maximum absolute atomic E-state index is 11.1. The number of carbonyl (C=O) groups is 1. The number of rotatable bonds is 4. The van der Waals surface area contributed by atoms with E-state index < -0.39 is 5.97 Å². The van der Waals surface area contributed by atoms with Crippen molar-refractivity contribution in [3.8, 4) is 0 Å². The summed E-state index contributed by atoms with van der Waals surface area (Å²) in [6, 6.07) is 1.60. The van der Waals surface area contributed by atoms with E-state index in [0.717, 1.165) is 13.0 Å². The van der Waals surface area contributed by atoms with E-state index in [0.29, 0.717) is 11.7 Å². The summed E-state index contributed by atoms with van der Waals surface area (Å²) >= 11 is 0. The van der Waals surface area contributed by atoms with Gasteiger partial charge in [0.1, 0.15) is 5.56 Å². The molecule has 0 amide bonds. The van der Waals surface area contributed by atoms with Crippen LogP contribution < -0.4 is 5.32 Å². The van der Waals surface area contributed by atoms with Crippen LogP contribution in [0.1, 0.15) is 29.6 Å². The zero-order valence-electron chi connectivity index (χ0n) is 9.87. The van der Waals surface area contributed by atoms with Crippen LogP contribution >= 0.6 is 0 Å². The van der Waals surface area contributed by atoms with Crippen molar-refractivity contribution in [2.75, 3.05) is 11.9 Å². The minimum Gasteiger partial charge on any atom is -0.478 e. The zero-order valence-corrected chi connectivity index (χ0v) is 9.87. The van der Waals surface area contributed by atoms with Gasteiger partial charge in [0.05, 0.1) is 18.3 Å². The number of anilines is 1. The third-order valence-corrected chi connectivity index (χ3v) is 3.50. The second kappa shape index (κ2) is 4.53. The van der Waals surface area contributed by atoms with Crippen molar-refractivity contribution in [1.29, 1.82) is 0 Å². The van der Waals surface area contributed by atoms with Gasteiger partial charge in [0.2, 0.25) is 0 Å². The van der Waals surface area contributed by atoms with Crippen LogP contribution in [0.2, 0.25) is 0 Å². The lowest BCUT2D eigenvalue weighted by Crippen LogP contribution is -2.32. The van der Waals surface area contributed by atoms with Crippen LogP contribution in [0.4, 0.5) is 5.82 Å². The fourth-order valence-electron chi connectivity index (χ4n) is 2.44. The summed E-state index contributed by atoms with van der Waals surface area (Å²) in [5.74, 6) is -0.0320. The van der Waals surface area contributed by atoms with Crippen molar-refractivity contribution in [3.05, 3.63) is 17.8 Å². The molecule has 2 fully saturated rings. The van der Waals surface area contributed by atoms with Gasteiger partial charge >= 0.3 is 5.97 Å². The molecule has 1 aromatic heterocycles. The van der Waals surface area contributed by atoms with Crippen LogP contribution in [0.5, 0.6) is 0 Å². The van der Waals surface area contributed by atoms with Crippen molar-refractivity contribution in [3.63, 3.8) is 0 Å². The number of nitrogens with zero attached hydrogens (tertiary/aromatic N) is 2. The molecular formula is C12H15N3O3. The lowest BCUT2D eigenvalue weighted by molar-refractivity contribution is 0.0696. The van der Waals surface area contributed by atoms with Crippen molar-refractivity contribution >= 4 is 11.8 Å². The molecule has 6 nitrogen and oxygen atoms in total. The van der Waals surface area contributed by atoms with E-state index in [9.17, 15) is 4.79 Å². The Bertz CT molecular complexity index is 462. The molecule has 96 valence electrons. The van der Waals surface area contributed by atoms with Crippen LogP contribution in [-0.4, -0.2) is 40.0 Å². The molecule has 2 unspecified atom stereocenters.